The summed E-state index contributed by atoms with van der Waals surface area (Å²) in [5.41, 5.74) is 2.65. The maximum absolute atomic E-state index is 12.4. The van der Waals surface area contributed by atoms with Crippen molar-refractivity contribution in [1.29, 1.82) is 0 Å². The van der Waals surface area contributed by atoms with Gasteiger partial charge in [0, 0.05) is 19.5 Å². The predicted octanol–water partition coefficient (Wildman–Crippen LogP) is 3.00. The normalized spacial score (nSPS) is 16.2. The minimum Gasteiger partial charge on any atom is -0.497 e. The Balaban J connectivity index is 1.29. The molecule has 2 aromatic carbocycles. The lowest BCUT2D eigenvalue weighted by atomic mass is 10.2. The highest BCUT2D eigenvalue weighted by Crippen LogP contribution is 2.19. The molecule has 4 rings (SSSR count). The van der Waals surface area contributed by atoms with Gasteiger partial charge >= 0.3 is 6.03 Å². The standard InChI is InChI=1S/C21H22N4O3/c1-27-16-8-6-15(7-9-16)12-23-21(26)25-11-10-17(14-25)28-20-13-22-18-4-2-3-5-19(18)24-20/h2-9,13,17H,10-12,14H2,1H3,(H,23,26). The number of aromatic nitrogens is 2. The number of carbonyl (C=O) groups excluding carboxylic acids is 1. The minimum absolute atomic E-state index is 0.0813. The van der Waals surface area contributed by atoms with Gasteiger partial charge in [-0.3, -0.25) is 0 Å². The molecule has 1 aliphatic heterocycles. The molecular formula is C21H22N4O3. The van der Waals surface area contributed by atoms with Gasteiger partial charge in [0.1, 0.15) is 11.9 Å². The molecule has 0 spiro atoms. The van der Waals surface area contributed by atoms with Crippen LogP contribution in [0.5, 0.6) is 11.6 Å². The van der Waals surface area contributed by atoms with E-state index in [1.807, 2.05) is 48.5 Å². The number of benzene rings is 2. The number of nitrogens with zero attached hydrogens (tertiary/aromatic N) is 3. The van der Waals surface area contributed by atoms with Crippen LogP contribution in [0.1, 0.15) is 12.0 Å². The van der Waals surface area contributed by atoms with E-state index < -0.39 is 0 Å². The van der Waals surface area contributed by atoms with Crippen molar-refractivity contribution in [2.24, 2.45) is 0 Å². The molecule has 7 nitrogen and oxygen atoms in total. The lowest BCUT2D eigenvalue weighted by Gasteiger charge is -2.18. The van der Waals surface area contributed by atoms with Gasteiger partial charge in [-0.2, -0.15) is 0 Å². The molecule has 3 aromatic rings. The maximum atomic E-state index is 12.4. The summed E-state index contributed by atoms with van der Waals surface area (Å²) in [5.74, 6) is 1.29. The first kappa shape index (κ1) is 18.0. The number of hydrogen-bond acceptors (Lipinski definition) is 5. The Morgan fingerprint density at radius 3 is 2.75 bits per heavy atom. The van der Waals surface area contributed by atoms with Gasteiger partial charge in [-0.15, -0.1) is 0 Å². The molecule has 2 heterocycles. The van der Waals surface area contributed by atoms with Crippen LogP contribution < -0.4 is 14.8 Å². The molecule has 1 saturated heterocycles. The molecule has 1 atom stereocenters. The lowest BCUT2D eigenvalue weighted by Crippen LogP contribution is -2.39. The fourth-order valence-corrected chi connectivity index (χ4v) is 3.21. The molecule has 1 aliphatic rings. The summed E-state index contributed by atoms with van der Waals surface area (Å²) >= 11 is 0. The number of amides is 2. The van der Waals surface area contributed by atoms with Gasteiger partial charge < -0.3 is 19.7 Å². The number of urea groups is 1. The third-order valence-corrected chi connectivity index (χ3v) is 4.75. The second-order valence-electron chi connectivity index (χ2n) is 6.68. The van der Waals surface area contributed by atoms with E-state index in [4.69, 9.17) is 9.47 Å². The number of para-hydroxylation sites is 2. The van der Waals surface area contributed by atoms with Crippen LogP contribution in [-0.2, 0) is 6.54 Å². The van der Waals surface area contributed by atoms with E-state index in [1.165, 1.54) is 0 Å². The van der Waals surface area contributed by atoms with Crippen LogP contribution in [0.4, 0.5) is 4.79 Å². The number of likely N-dealkylation sites (tertiary alicyclic amines) is 1. The van der Waals surface area contributed by atoms with Crippen molar-refractivity contribution in [1.82, 2.24) is 20.2 Å². The highest BCUT2D eigenvalue weighted by atomic mass is 16.5. The third kappa shape index (κ3) is 4.14. The van der Waals surface area contributed by atoms with Gasteiger partial charge in [-0.25, -0.2) is 14.8 Å². The van der Waals surface area contributed by atoms with E-state index >= 15 is 0 Å². The topological polar surface area (TPSA) is 76.6 Å². The first-order valence-electron chi connectivity index (χ1n) is 9.25. The highest BCUT2D eigenvalue weighted by molar-refractivity contribution is 5.75. The summed E-state index contributed by atoms with van der Waals surface area (Å²) in [6.45, 7) is 1.66. The average molecular weight is 378 g/mol. The first-order valence-corrected chi connectivity index (χ1v) is 9.25. The van der Waals surface area contributed by atoms with Crippen molar-refractivity contribution < 1.29 is 14.3 Å². The Bertz CT molecular complexity index is 961. The summed E-state index contributed by atoms with van der Waals surface area (Å²) < 4.78 is 11.1. The summed E-state index contributed by atoms with van der Waals surface area (Å²) in [7, 11) is 1.63. The van der Waals surface area contributed by atoms with Crippen LogP contribution >= 0.6 is 0 Å². The molecule has 0 radical (unpaired) electrons. The minimum atomic E-state index is -0.0912. The summed E-state index contributed by atoms with van der Waals surface area (Å²) in [5, 5.41) is 2.95. The van der Waals surface area contributed by atoms with E-state index in [-0.39, 0.29) is 12.1 Å². The number of fused-ring (bicyclic) bond motifs is 1. The fourth-order valence-electron chi connectivity index (χ4n) is 3.21. The van der Waals surface area contributed by atoms with Gasteiger partial charge in [0.15, 0.2) is 0 Å². The second-order valence-corrected chi connectivity index (χ2v) is 6.68. The van der Waals surface area contributed by atoms with Crippen molar-refractivity contribution in [2.75, 3.05) is 20.2 Å². The number of ether oxygens (including phenoxy) is 2. The van der Waals surface area contributed by atoms with Crippen molar-refractivity contribution in [2.45, 2.75) is 19.1 Å². The molecule has 7 heteroatoms. The maximum Gasteiger partial charge on any atom is 0.317 e. The molecule has 0 aliphatic carbocycles. The van der Waals surface area contributed by atoms with Crippen LogP contribution in [0.3, 0.4) is 0 Å². The fraction of sp³-hybridized carbons (Fsp3) is 0.286. The van der Waals surface area contributed by atoms with Crippen LogP contribution in [-0.4, -0.2) is 47.2 Å². The molecule has 0 saturated carbocycles. The zero-order valence-corrected chi connectivity index (χ0v) is 15.7. The predicted molar refractivity (Wildman–Crippen MR) is 105 cm³/mol. The Hall–Kier alpha value is -3.35. The highest BCUT2D eigenvalue weighted by Gasteiger charge is 2.27. The number of nitrogens with one attached hydrogen (secondary N) is 1. The van der Waals surface area contributed by atoms with E-state index in [1.54, 1.807) is 18.2 Å². The summed E-state index contributed by atoms with van der Waals surface area (Å²) in [6, 6.07) is 15.2. The second kappa shape index (κ2) is 8.12. The molecule has 1 unspecified atom stereocenters. The zero-order chi connectivity index (χ0) is 19.3. The Kier molecular flexibility index (Phi) is 5.23. The van der Waals surface area contributed by atoms with E-state index in [2.05, 4.69) is 15.3 Å². The smallest absolute Gasteiger partial charge is 0.317 e. The van der Waals surface area contributed by atoms with Gasteiger partial charge in [-0.05, 0) is 29.8 Å². The van der Waals surface area contributed by atoms with Crippen LogP contribution in [0, 0.1) is 0 Å². The van der Waals surface area contributed by atoms with Gasteiger partial charge in [0.25, 0.3) is 0 Å². The quantitative estimate of drug-likeness (QED) is 0.739. The Labute approximate surface area is 163 Å². The molecular weight excluding hydrogens is 356 g/mol. The molecule has 28 heavy (non-hydrogen) atoms. The van der Waals surface area contributed by atoms with Gasteiger partial charge in [-0.1, -0.05) is 24.3 Å². The number of carbonyl (C=O) groups is 1. The molecule has 144 valence electrons. The average Bonchev–Trinajstić information content (AvgIpc) is 3.21. The lowest BCUT2D eigenvalue weighted by molar-refractivity contribution is 0.183. The molecule has 2 amide bonds. The molecule has 0 bridgehead atoms. The number of methoxy groups -OCH3 is 1. The zero-order valence-electron chi connectivity index (χ0n) is 15.7. The van der Waals surface area contributed by atoms with E-state index in [9.17, 15) is 4.79 Å². The summed E-state index contributed by atoms with van der Waals surface area (Å²) in [4.78, 5) is 23.0. The first-order chi connectivity index (χ1) is 13.7. The SMILES string of the molecule is COc1ccc(CNC(=O)N2CCC(Oc3cnc4ccccc4n3)C2)cc1. The number of rotatable bonds is 5. The Morgan fingerprint density at radius 1 is 1.18 bits per heavy atom. The molecule has 1 aromatic heterocycles. The van der Waals surface area contributed by atoms with Gasteiger partial charge in [0.05, 0.1) is 30.9 Å². The van der Waals surface area contributed by atoms with Crippen molar-refractivity contribution in [3.05, 3.63) is 60.3 Å². The van der Waals surface area contributed by atoms with E-state index in [0.717, 1.165) is 28.8 Å². The van der Waals surface area contributed by atoms with Crippen molar-refractivity contribution in [3.8, 4) is 11.6 Å². The van der Waals surface area contributed by atoms with Crippen LogP contribution in [0.25, 0.3) is 11.0 Å². The van der Waals surface area contributed by atoms with Crippen molar-refractivity contribution >= 4 is 17.1 Å². The molecule has 1 N–H and O–H groups in total. The van der Waals surface area contributed by atoms with Crippen LogP contribution in [0.15, 0.2) is 54.7 Å². The van der Waals surface area contributed by atoms with Gasteiger partial charge in [0.2, 0.25) is 5.88 Å². The largest absolute Gasteiger partial charge is 0.497 e. The van der Waals surface area contributed by atoms with Crippen LogP contribution in [0.2, 0.25) is 0 Å². The third-order valence-electron chi connectivity index (χ3n) is 4.75. The van der Waals surface area contributed by atoms with Crippen molar-refractivity contribution in [3.63, 3.8) is 0 Å². The van der Waals surface area contributed by atoms with E-state index in [0.29, 0.717) is 25.5 Å². The summed E-state index contributed by atoms with van der Waals surface area (Å²) in [6.07, 6.45) is 2.32. The number of hydrogen-bond donors (Lipinski definition) is 1. The molecule has 1 fully saturated rings. The monoisotopic (exact) mass is 378 g/mol. The Morgan fingerprint density at radius 2 is 1.96 bits per heavy atom.